The third-order valence-corrected chi connectivity index (χ3v) is 14.5. The zero-order chi connectivity index (χ0) is 37.5. The molecular weight excluding hydrogens is 690 g/mol. The van der Waals surface area contributed by atoms with E-state index in [-0.39, 0.29) is 0 Å². The highest BCUT2D eigenvalue weighted by atomic mass is 31.1. The van der Waals surface area contributed by atoms with Crippen LogP contribution in [0.3, 0.4) is 0 Å². The maximum Gasteiger partial charge on any atom is -0.0284 e. The van der Waals surface area contributed by atoms with Crippen LogP contribution in [0, 0.1) is 0 Å². The van der Waals surface area contributed by atoms with E-state index in [1.165, 1.54) is 199 Å². The molecule has 0 spiro atoms. The first-order valence-corrected chi connectivity index (χ1v) is 29.8. The molecule has 296 valence electrons. The van der Waals surface area contributed by atoms with Crippen molar-refractivity contribution in [2.45, 2.75) is 186 Å². The average Bonchev–Trinajstić information content (AvgIpc) is 3.88. The van der Waals surface area contributed by atoms with E-state index in [0.29, 0.717) is 0 Å². The Morgan fingerprint density at radius 2 is 0.500 bits per heavy atom. The monoisotopic (exact) mass is 789 g/mol. The van der Waals surface area contributed by atoms with Gasteiger partial charge in [-0.1, -0.05) is 156 Å². The Hall–Kier alpha value is 2.06. The second kappa shape index (κ2) is 78.2. The summed E-state index contributed by atoms with van der Waals surface area (Å²) >= 11 is 0. The van der Waals surface area contributed by atoms with Gasteiger partial charge in [-0.2, -0.15) is 0 Å². The first kappa shape index (κ1) is 62.1. The molecule has 6 rings (SSSR count). The molecule has 0 bridgehead atoms. The molecule has 0 amide bonds. The van der Waals surface area contributed by atoms with E-state index in [1.54, 1.807) is 0 Å². The number of hydrogen-bond acceptors (Lipinski definition) is 0. The molecule has 2 unspecified atom stereocenters. The molecule has 6 aliphatic rings. The van der Waals surface area contributed by atoms with Crippen molar-refractivity contribution >= 4 is 51.5 Å². The van der Waals surface area contributed by atoms with Crippen LogP contribution in [-0.4, -0.2) is 61.6 Å². The summed E-state index contributed by atoms with van der Waals surface area (Å²) in [5, 5.41) is 0. The van der Waals surface area contributed by atoms with Gasteiger partial charge in [-0.3, -0.25) is 0 Å². The van der Waals surface area contributed by atoms with Crippen LogP contribution in [0.4, 0.5) is 0 Å². The van der Waals surface area contributed by atoms with Gasteiger partial charge in [0.25, 0.3) is 0 Å². The smallest absolute Gasteiger partial charge is 0.0284 e. The van der Waals surface area contributed by atoms with E-state index in [2.05, 4.69) is 23.8 Å². The Labute approximate surface area is 321 Å². The summed E-state index contributed by atoms with van der Waals surface area (Å²) < 4.78 is 0. The molecule has 0 aromatic heterocycles. The Kier molecular flexibility index (Phi) is 101. The van der Waals surface area contributed by atoms with Crippen LogP contribution in [0.15, 0.2) is 23.8 Å². The highest BCUT2D eigenvalue weighted by Gasteiger charge is 1.97. The summed E-state index contributed by atoms with van der Waals surface area (Å²) in [5.41, 5.74) is 0. The van der Waals surface area contributed by atoms with Crippen molar-refractivity contribution < 1.29 is 0 Å². The minimum absolute atomic E-state index is 1.12. The first-order chi connectivity index (χ1) is 24.0. The van der Waals surface area contributed by atoms with Gasteiger partial charge in [0.1, 0.15) is 0 Å². The molecule has 6 aliphatic heterocycles. The number of rotatable bonds is 0. The molecule has 4 saturated heterocycles. The van der Waals surface area contributed by atoms with Crippen molar-refractivity contribution in [1.29, 1.82) is 0 Å². The lowest BCUT2D eigenvalue weighted by atomic mass is 10.2. The molecule has 0 aromatic rings. The fraction of sp³-hybridized carbons (Fsp3) is 0.905. The molecule has 0 nitrogen and oxygen atoms in total. The highest BCUT2D eigenvalue weighted by molar-refractivity contribution is 7.42. The molecule has 0 radical (unpaired) electrons. The summed E-state index contributed by atoms with van der Waals surface area (Å²) in [5.74, 6) is 4.56. The summed E-state index contributed by atoms with van der Waals surface area (Å²) in [7, 11) is 7.45. The molecule has 6 heteroatoms. The zero-order valence-corrected chi connectivity index (χ0v) is 41.7. The van der Waals surface area contributed by atoms with Gasteiger partial charge >= 0.3 is 0 Å². The number of hydrogen-bond donors (Lipinski definition) is 0. The Bertz CT molecular complexity index is 377. The molecule has 4 fully saturated rings. The fourth-order valence-electron chi connectivity index (χ4n) is 4.37. The average molecular weight is 789 g/mol. The topological polar surface area (TPSA) is 0 Å². The predicted molar refractivity (Wildman–Crippen MR) is 259 cm³/mol. The molecule has 6 heterocycles. The quantitative estimate of drug-likeness (QED) is 0.215. The molecule has 0 saturated carbocycles. The zero-order valence-electron chi connectivity index (χ0n) is 35.7. The van der Waals surface area contributed by atoms with Crippen LogP contribution in [0.25, 0.3) is 0 Å². The summed E-state index contributed by atoms with van der Waals surface area (Å²) in [4.78, 5) is 0. The van der Waals surface area contributed by atoms with E-state index in [0.717, 1.165) is 17.2 Å². The van der Waals surface area contributed by atoms with Crippen molar-refractivity contribution in [2.24, 2.45) is 0 Å². The molecule has 2 atom stereocenters. The minimum atomic E-state index is 1.12. The third-order valence-electron chi connectivity index (χ3n) is 6.70. The fourth-order valence-corrected chi connectivity index (χ4v) is 11.1. The molecular formula is C42H98P6. The van der Waals surface area contributed by atoms with Gasteiger partial charge in [-0.05, 0) is 132 Å². The van der Waals surface area contributed by atoms with Crippen molar-refractivity contribution in [3.05, 3.63) is 23.8 Å². The van der Waals surface area contributed by atoms with E-state index < -0.39 is 0 Å². The van der Waals surface area contributed by atoms with E-state index >= 15 is 0 Å². The summed E-state index contributed by atoms with van der Waals surface area (Å²) in [6, 6.07) is 0. The maximum atomic E-state index is 2.30. The normalized spacial score (nSPS) is 19.1. The van der Waals surface area contributed by atoms with Gasteiger partial charge in [0, 0.05) is 0 Å². The first-order valence-electron chi connectivity index (χ1n) is 21.6. The van der Waals surface area contributed by atoms with Crippen LogP contribution in [0.1, 0.15) is 186 Å². The molecule has 0 aliphatic carbocycles. The van der Waals surface area contributed by atoms with Crippen molar-refractivity contribution in [3.63, 3.8) is 0 Å². The van der Waals surface area contributed by atoms with Crippen molar-refractivity contribution in [1.82, 2.24) is 0 Å². The lowest BCUT2D eigenvalue weighted by molar-refractivity contribution is 0.726. The van der Waals surface area contributed by atoms with Gasteiger partial charge in [-0.25, -0.2) is 0 Å². The summed E-state index contributed by atoms with van der Waals surface area (Å²) in [6.45, 7) is 24.0. The predicted octanol–water partition coefficient (Wildman–Crippen LogP) is 17.5. The molecule has 0 N–H and O–H groups in total. The van der Waals surface area contributed by atoms with Crippen LogP contribution in [0.5, 0.6) is 0 Å². The van der Waals surface area contributed by atoms with Crippen LogP contribution < -0.4 is 0 Å². The maximum absolute atomic E-state index is 2.30. The SMILES string of the molecule is C1=CPCC1.C1=CPCCC1.C1CCCPCC1.C1CCCPCC1.C1CCPC1.C1CCPCC1.CC.CC.CC.CC.CC.CC. The van der Waals surface area contributed by atoms with E-state index in [4.69, 9.17) is 0 Å². The Balaban J connectivity index is -0.000000104. The van der Waals surface area contributed by atoms with Gasteiger partial charge < -0.3 is 0 Å². The van der Waals surface area contributed by atoms with Gasteiger partial charge in [0.05, 0.1) is 0 Å². The van der Waals surface area contributed by atoms with Gasteiger partial charge in [-0.15, -0.1) is 34.3 Å². The Morgan fingerprint density at radius 1 is 0.250 bits per heavy atom. The van der Waals surface area contributed by atoms with E-state index in [1.807, 2.05) is 83.1 Å². The van der Waals surface area contributed by atoms with Gasteiger partial charge in [0.2, 0.25) is 0 Å². The van der Waals surface area contributed by atoms with Gasteiger partial charge in [0.15, 0.2) is 0 Å². The third kappa shape index (κ3) is 73.5. The minimum Gasteiger partial charge on any atom is -0.122 e. The molecule has 0 aromatic carbocycles. The second-order valence-electron chi connectivity index (χ2n) is 10.2. The second-order valence-corrected chi connectivity index (χ2v) is 18.7. The largest absolute Gasteiger partial charge is 0.122 e. The van der Waals surface area contributed by atoms with Crippen LogP contribution in [-0.2, 0) is 0 Å². The Morgan fingerprint density at radius 3 is 0.604 bits per heavy atom. The lowest BCUT2D eigenvalue weighted by Crippen LogP contribution is -1.89. The van der Waals surface area contributed by atoms with Crippen molar-refractivity contribution in [3.8, 4) is 0 Å². The highest BCUT2D eigenvalue weighted by Crippen LogP contribution is 2.23. The summed E-state index contributed by atoms with van der Waals surface area (Å²) in [6.07, 6.45) is 43.3. The van der Waals surface area contributed by atoms with Crippen molar-refractivity contribution in [2.75, 3.05) is 61.6 Å². The molecule has 48 heavy (non-hydrogen) atoms. The van der Waals surface area contributed by atoms with E-state index in [9.17, 15) is 0 Å². The lowest BCUT2D eigenvalue weighted by Gasteiger charge is -2.06. The van der Waals surface area contributed by atoms with Crippen LogP contribution >= 0.6 is 51.5 Å². The number of allylic oxidation sites excluding steroid dienone is 2. The standard InChI is InChI=1S/2C6H13P.C5H11P.C5H9P.C4H9P.C4H7P.6C2H6/c2*1-2-4-6-7-5-3-1;2*1-2-4-6-5-3-1;2*1-2-4-5-3-1;6*1-2/h2*7H,1-6H2;6H,1-5H2;2,4,6H,1,3,5H2;5H,1-4H2;1,3,5H,2,4H2;6*1-2H3. The van der Waals surface area contributed by atoms with Crippen LogP contribution in [0.2, 0.25) is 0 Å².